The fourth-order valence-electron chi connectivity index (χ4n) is 2.10. The van der Waals surface area contributed by atoms with Crippen molar-refractivity contribution in [3.05, 3.63) is 0 Å². The van der Waals surface area contributed by atoms with Gasteiger partial charge in [-0.2, -0.15) is 0 Å². The third-order valence-corrected chi connectivity index (χ3v) is 3.08. The van der Waals surface area contributed by atoms with Crippen LogP contribution in [-0.2, 0) is 9.53 Å². The number of carbonyl (C=O) groups excluding carboxylic acids is 1. The molecule has 0 aromatic heterocycles. The van der Waals surface area contributed by atoms with Gasteiger partial charge in [0.1, 0.15) is 18.0 Å². The molecule has 90 valence electrons. The molecule has 4 heteroatoms. The van der Waals surface area contributed by atoms with Crippen LogP contribution in [0, 0.1) is 5.92 Å². The maximum atomic E-state index is 11.6. The van der Waals surface area contributed by atoms with Crippen molar-refractivity contribution >= 4 is 11.7 Å². The maximum absolute atomic E-state index is 11.6. The molecule has 1 aliphatic carbocycles. The topological polar surface area (TPSA) is 50.7 Å². The van der Waals surface area contributed by atoms with Crippen LogP contribution in [-0.4, -0.2) is 30.5 Å². The molecule has 1 fully saturated rings. The van der Waals surface area contributed by atoms with Crippen LogP contribution in [0.15, 0.2) is 4.99 Å². The summed E-state index contributed by atoms with van der Waals surface area (Å²) >= 11 is 0. The molecule has 2 aliphatic rings. The first-order valence-electron chi connectivity index (χ1n) is 6.26. The standard InChI is InChI=1S/C12H20N2O2/c1-3-5-9-12(15)14-11(13-9)10(16-4-2)8-6-7-8/h8-10H,3-7H2,1-2H3,(H,13,14,15). The number of hydrogen-bond acceptors (Lipinski definition) is 3. The third-order valence-electron chi connectivity index (χ3n) is 3.08. The van der Waals surface area contributed by atoms with E-state index in [0.29, 0.717) is 12.5 Å². The van der Waals surface area contributed by atoms with Gasteiger partial charge in [-0.1, -0.05) is 13.3 Å². The Balaban J connectivity index is 2.02. The highest BCUT2D eigenvalue weighted by molar-refractivity contribution is 6.07. The summed E-state index contributed by atoms with van der Waals surface area (Å²) in [6, 6.07) is -0.179. The first kappa shape index (κ1) is 11.6. The highest BCUT2D eigenvalue weighted by Gasteiger charge is 2.39. The zero-order chi connectivity index (χ0) is 11.5. The van der Waals surface area contributed by atoms with Gasteiger partial charge in [0.25, 0.3) is 0 Å². The molecule has 2 rings (SSSR count). The molecule has 1 aliphatic heterocycles. The van der Waals surface area contributed by atoms with Crippen molar-refractivity contribution in [2.75, 3.05) is 6.61 Å². The van der Waals surface area contributed by atoms with E-state index in [0.717, 1.165) is 18.7 Å². The van der Waals surface area contributed by atoms with Gasteiger partial charge < -0.3 is 10.1 Å². The van der Waals surface area contributed by atoms with Crippen molar-refractivity contribution in [1.29, 1.82) is 0 Å². The van der Waals surface area contributed by atoms with Gasteiger partial charge in [0.05, 0.1) is 0 Å². The fraction of sp³-hybridized carbons (Fsp3) is 0.833. The molecular weight excluding hydrogens is 204 g/mol. The zero-order valence-corrected chi connectivity index (χ0v) is 10.0. The van der Waals surface area contributed by atoms with Crippen LogP contribution in [0.25, 0.3) is 0 Å². The van der Waals surface area contributed by atoms with E-state index in [1.165, 1.54) is 12.8 Å². The van der Waals surface area contributed by atoms with Crippen molar-refractivity contribution in [2.24, 2.45) is 10.9 Å². The Bertz CT molecular complexity index is 297. The number of ether oxygens (including phenoxy) is 1. The van der Waals surface area contributed by atoms with Gasteiger partial charge >= 0.3 is 0 Å². The van der Waals surface area contributed by atoms with Crippen LogP contribution in [0.4, 0.5) is 0 Å². The Morgan fingerprint density at radius 2 is 2.25 bits per heavy atom. The van der Waals surface area contributed by atoms with Gasteiger partial charge in [0, 0.05) is 6.61 Å². The molecule has 1 N–H and O–H groups in total. The van der Waals surface area contributed by atoms with Crippen LogP contribution in [0.3, 0.4) is 0 Å². The molecule has 0 radical (unpaired) electrons. The molecule has 0 saturated heterocycles. The fourth-order valence-corrected chi connectivity index (χ4v) is 2.10. The maximum Gasteiger partial charge on any atom is 0.250 e. The quantitative estimate of drug-likeness (QED) is 0.743. The number of aliphatic imine (C=N–C) groups is 1. The second kappa shape index (κ2) is 4.95. The number of nitrogens with one attached hydrogen (secondary N) is 1. The monoisotopic (exact) mass is 224 g/mol. The second-order valence-electron chi connectivity index (χ2n) is 4.52. The predicted octanol–water partition coefficient (Wildman–Crippen LogP) is 1.50. The summed E-state index contributed by atoms with van der Waals surface area (Å²) in [5.74, 6) is 1.38. The molecule has 4 nitrogen and oxygen atoms in total. The van der Waals surface area contributed by atoms with Gasteiger partial charge in [-0.05, 0) is 32.1 Å². The molecule has 0 aromatic rings. The predicted molar refractivity (Wildman–Crippen MR) is 62.4 cm³/mol. The minimum absolute atomic E-state index is 0.0239. The van der Waals surface area contributed by atoms with Crippen LogP contribution < -0.4 is 5.32 Å². The first-order valence-corrected chi connectivity index (χ1v) is 6.26. The smallest absolute Gasteiger partial charge is 0.250 e. The number of nitrogens with zero attached hydrogens (tertiary/aromatic N) is 1. The molecule has 1 amide bonds. The summed E-state index contributed by atoms with van der Waals surface area (Å²) in [6.45, 7) is 4.73. The SMILES string of the molecule is CCCC1N=C(C(OCC)C2CC2)NC1=O. The first-order chi connectivity index (χ1) is 7.76. The molecular formula is C12H20N2O2. The van der Waals surface area contributed by atoms with Gasteiger partial charge in [-0.3, -0.25) is 9.79 Å². The lowest BCUT2D eigenvalue weighted by Crippen LogP contribution is -2.38. The van der Waals surface area contributed by atoms with Gasteiger partial charge in [0.15, 0.2) is 0 Å². The summed E-state index contributed by atoms with van der Waals surface area (Å²) in [5, 5.41) is 2.88. The summed E-state index contributed by atoms with van der Waals surface area (Å²) in [7, 11) is 0. The van der Waals surface area contributed by atoms with E-state index in [9.17, 15) is 4.79 Å². The van der Waals surface area contributed by atoms with E-state index in [4.69, 9.17) is 4.74 Å². The molecule has 0 bridgehead atoms. The number of carbonyl (C=O) groups is 1. The van der Waals surface area contributed by atoms with Crippen molar-refractivity contribution in [3.63, 3.8) is 0 Å². The molecule has 2 unspecified atom stereocenters. The third kappa shape index (κ3) is 2.43. The van der Waals surface area contributed by atoms with Crippen molar-refractivity contribution in [1.82, 2.24) is 5.32 Å². The van der Waals surface area contributed by atoms with Crippen molar-refractivity contribution < 1.29 is 9.53 Å². The van der Waals surface area contributed by atoms with E-state index < -0.39 is 0 Å². The highest BCUT2D eigenvalue weighted by Crippen LogP contribution is 2.35. The van der Waals surface area contributed by atoms with Crippen LogP contribution in [0.1, 0.15) is 39.5 Å². The molecule has 0 aromatic carbocycles. The Morgan fingerprint density at radius 1 is 1.50 bits per heavy atom. The molecule has 16 heavy (non-hydrogen) atoms. The van der Waals surface area contributed by atoms with E-state index >= 15 is 0 Å². The Kier molecular flexibility index (Phi) is 3.59. The van der Waals surface area contributed by atoms with Crippen LogP contribution in [0.5, 0.6) is 0 Å². The van der Waals surface area contributed by atoms with E-state index in [1.54, 1.807) is 0 Å². The minimum atomic E-state index is -0.179. The van der Waals surface area contributed by atoms with Crippen LogP contribution >= 0.6 is 0 Å². The lowest BCUT2D eigenvalue weighted by Gasteiger charge is -2.15. The van der Waals surface area contributed by atoms with Crippen molar-refractivity contribution in [2.45, 2.75) is 51.7 Å². The van der Waals surface area contributed by atoms with E-state index in [1.807, 2.05) is 6.92 Å². The van der Waals surface area contributed by atoms with E-state index in [2.05, 4.69) is 17.2 Å². The normalized spacial score (nSPS) is 26.5. The largest absolute Gasteiger partial charge is 0.370 e. The average Bonchev–Trinajstić information content (AvgIpc) is 3.02. The van der Waals surface area contributed by atoms with Gasteiger partial charge in [-0.25, -0.2) is 0 Å². The molecule has 2 atom stereocenters. The molecule has 0 spiro atoms. The number of amides is 1. The number of hydrogen-bond donors (Lipinski definition) is 1. The van der Waals surface area contributed by atoms with Crippen molar-refractivity contribution in [3.8, 4) is 0 Å². The molecule has 1 saturated carbocycles. The van der Waals surface area contributed by atoms with Gasteiger partial charge in [-0.15, -0.1) is 0 Å². The second-order valence-corrected chi connectivity index (χ2v) is 4.52. The average molecular weight is 224 g/mol. The van der Waals surface area contributed by atoms with Gasteiger partial charge in [0.2, 0.25) is 5.91 Å². The minimum Gasteiger partial charge on any atom is -0.370 e. The lowest BCUT2D eigenvalue weighted by molar-refractivity contribution is -0.120. The molecule has 1 heterocycles. The summed E-state index contributed by atoms with van der Waals surface area (Å²) in [6.07, 6.45) is 4.22. The highest BCUT2D eigenvalue weighted by atomic mass is 16.5. The van der Waals surface area contributed by atoms with E-state index in [-0.39, 0.29) is 18.1 Å². The summed E-state index contributed by atoms with van der Waals surface area (Å²) in [5.41, 5.74) is 0. The summed E-state index contributed by atoms with van der Waals surface area (Å²) < 4.78 is 5.68. The van der Waals surface area contributed by atoms with Crippen LogP contribution in [0.2, 0.25) is 0 Å². The zero-order valence-electron chi connectivity index (χ0n) is 10.0. The summed E-state index contributed by atoms with van der Waals surface area (Å²) in [4.78, 5) is 16.1. The lowest BCUT2D eigenvalue weighted by atomic mass is 10.2. The number of rotatable bonds is 6. The Morgan fingerprint density at radius 3 is 2.81 bits per heavy atom. The number of amidine groups is 1. The Hall–Kier alpha value is -0.900. The Labute approximate surface area is 96.5 Å².